The third kappa shape index (κ3) is 6.45. The van der Waals surface area contributed by atoms with Crippen LogP contribution in [0.1, 0.15) is 44.3 Å². The Labute approximate surface area is 207 Å². The molecule has 0 aliphatic rings. The molecule has 2 N–H and O–H groups in total. The summed E-state index contributed by atoms with van der Waals surface area (Å²) in [7, 11) is 0. The number of anilines is 1. The Morgan fingerprint density at radius 1 is 1.03 bits per heavy atom. The predicted molar refractivity (Wildman–Crippen MR) is 129 cm³/mol. The minimum Gasteiger partial charge on any atom is -0.321 e. The van der Waals surface area contributed by atoms with E-state index < -0.39 is 28.6 Å². The lowest BCUT2D eigenvalue weighted by atomic mass is 10.1. The summed E-state index contributed by atoms with van der Waals surface area (Å²) < 4.78 is 39.6. The van der Waals surface area contributed by atoms with Gasteiger partial charge in [-0.05, 0) is 60.0 Å². The molecule has 3 rings (SSSR count). The van der Waals surface area contributed by atoms with Crippen molar-refractivity contribution in [2.75, 3.05) is 5.32 Å². The van der Waals surface area contributed by atoms with Crippen LogP contribution >= 0.6 is 27.5 Å². The molecule has 0 saturated carbocycles. The molecule has 34 heavy (non-hydrogen) atoms. The van der Waals surface area contributed by atoms with Crippen LogP contribution in [0.4, 0.5) is 18.9 Å². The largest absolute Gasteiger partial charge is 0.417 e. The number of rotatable bonds is 6. The Hall–Kier alpha value is -3.17. The summed E-state index contributed by atoms with van der Waals surface area (Å²) in [6, 6.07) is 15.0. The van der Waals surface area contributed by atoms with Crippen LogP contribution in [0, 0.1) is 0 Å². The van der Waals surface area contributed by atoms with Crippen LogP contribution in [0.2, 0.25) is 5.02 Å². The molecule has 0 aliphatic heterocycles. The van der Waals surface area contributed by atoms with Crippen molar-refractivity contribution in [1.29, 1.82) is 0 Å². The topological polar surface area (TPSA) is 70.6 Å². The van der Waals surface area contributed by atoms with Crippen LogP contribution < -0.4 is 10.7 Å². The second-order valence-corrected chi connectivity index (χ2v) is 8.45. The smallest absolute Gasteiger partial charge is 0.321 e. The van der Waals surface area contributed by atoms with Crippen LogP contribution in [0.15, 0.2) is 70.2 Å². The minimum atomic E-state index is -4.62. The van der Waals surface area contributed by atoms with E-state index in [4.69, 9.17) is 11.6 Å². The molecule has 5 nitrogen and oxygen atoms in total. The lowest BCUT2D eigenvalue weighted by Gasteiger charge is -2.11. The van der Waals surface area contributed by atoms with Gasteiger partial charge in [0.1, 0.15) is 0 Å². The lowest BCUT2D eigenvalue weighted by molar-refractivity contribution is -0.137. The molecule has 0 atom stereocenters. The number of benzene rings is 3. The number of hydrogen-bond acceptors (Lipinski definition) is 3. The number of nitrogens with zero attached hydrogens (tertiary/aromatic N) is 1. The molecule has 0 aromatic heterocycles. The van der Waals surface area contributed by atoms with Crippen molar-refractivity contribution < 1.29 is 22.8 Å². The van der Waals surface area contributed by atoms with Gasteiger partial charge in [-0.2, -0.15) is 18.3 Å². The molecular formula is C24H18BrClF3N3O2. The summed E-state index contributed by atoms with van der Waals surface area (Å²) in [5.41, 5.74) is 3.21. The summed E-state index contributed by atoms with van der Waals surface area (Å²) in [6.07, 6.45) is -2.72. The Kier molecular flexibility index (Phi) is 8.11. The number of halogens is 5. The van der Waals surface area contributed by atoms with Gasteiger partial charge in [0.05, 0.1) is 28.1 Å². The summed E-state index contributed by atoms with van der Waals surface area (Å²) in [5, 5.41) is 6.00. The van der Waals surface area contributed by atoms with E-state index in [1.54, 1.807) is 24.3 Å². The maximum Gasteiger partial charge on any atom is 0.417 e. The molecule has 0 spiro atoms. The van der Waals surface area contributed by atoms with E-state index >= 15 is 0 Å². The molecule has 3 aromatic rings. The monoisotopic (exact) mass is 551 g/mol. The van der Waals surface area contributed by atoms with Crippen LogP contribution in [0.25, 0.3) is 0 Å². The molecule has 10 heteroatoms. The first-order valence-corrected chi connectivity index (χ1v) is 11.2. The van der Waals surface area contributed by atoms with Crippen LogP contribution in [-0.2, 0) is 12.6 Å². The molecule has 0 aliphatic carbocycles. The van der Waals surface area contributed by atoms with Gasteiger partial charge in [-0.1, -0.05) is 52.7 Å². The van der Waals surface area contributed by atoms with Crippen molar-refractivity contribution in [3.63, 3.8) is 0 Å². The number of alkyl halides is 3. The summed E-state index contributed by atoms with van der Waals surface area (Å²) in [4.78, 5) is 25.3. The Morgan fingerprint density at radius 3 is 2.38 bits per heavy atom. The number of carbonyl (C=O) groups is 2. The van der Waals surface area contributed by atoms with E-state index in [1.807, 2.05) is 19.1 Å². The van der Waals surface area contributed by atoms with Crippen molar-refractivity contribution in [3.05, 3.63) is 98.0 Å². The third-order valence-electron chi connectivity index (χ3n) is 4.77. The summed E-state index contributed by atoms with van der Waals surface area (Å²) in [5.74, 6) is -1.07. The molecule has 0 fully saturated rings. The normalized spacial score (nSPS) is 11.5. The van der Waals surface area contributed by atoms with E-state index in [0.717, 1.165) is 30.3 Å². The van der Waals surface area contributed by atoms with Gasteiger partial charge in [0.2, 0.25) is 0 Å². The molecule has 0 saturated heterocycles. The van der Waals surface area contributed by atoms with Gasteiger partial charge in [0.15, 0.2) is 0 Å². The van der Waals surface area contributed by atoms with Gasteiger partial charge in [-0.15, -0.1) is 0 Å². The Bertz CT molecular complexity index is 1250. The molecule has 2 amide bonds. The second-order valence-electron chi connectivity index (χ2n) is 7.13. The SMILES string of the molecule is CCc1ccc(C(=O)Nc2ccc(Br)cc2C(=O)NN=Cc2ccc(Cl)c(C(F)(F)F)c2)cc1. The van der Waals surface area contributed by atoms with E-state index in [9.17, 15) is 22.8 Å². The zero-order valence-corrected chi connectivity index (χ0v) is 20.1. The van der Waals surface area contributed by atoms with Crippen LogP contribution in [-0.4, -0.2) is 18.0 Å². The van der Waals surface area contributed by atoms with Crippen molar-refractivity contribution >= 4 is 51.2 Å². The number of nitrogens with one attached hydrogen (secondary N) is 2. The highest BCUT2D eigenvalue weighted by Crippen LogP contribution is 2.34. The van der Waals surface area contributed by atoms with Gasteiger partial charge >= 0.3 is 6.18 Å². The highest BCUT2D eigenvalue weighted by Gasteiger charge is 2.33. The molecule has 176 valence electrons. The highest BCUT2D eigenvalue weighted by molar-refractivity contribution is 9.10. The van der Waals surface area contributed by atoms with Crippen molar-refractivity contribution in [3.8, 4) is 0 Å². The molecule has 0 heterocycles. The molecule has 3 aromatic carbocycles. The minimum absolute atomic E-state index is 0.0929. The van der Waals surface area contributed by atoms with Crippen LogP contribution in [0.5, 0.6) is 0 Å². The van der Waals surface area contributed by atoms with Crippen LogP contribution in [0.3, 0.4) is 0 Å². The zero-order valence-electron chi connectivity index (χ0n) is 17.7. The van der Waals surface area contributed by atoms with E-state index in [-0.39, 0.29) is 16.8 Å². The fourth-order valence-corrected chi connectivity index (χ4v) is 3.55. The fourth-order valence-electron chi connectivity index (χ4n) is 2.97. The average Bonchev–Trinajstić information content (AvgIpc) is 2.80. The van der Waals surface area contributed by atoms with Gasteiger partial charge in [0.25, 0.3) is 11.8 Å². The number of aryl methyl sites for hydroxylation is 1. The predicted octanol–water partition coefficient (Wildman–Crippen LogP) is 6.70. The first kappa shape index (κ1) is 25.5. The number of hydrogen-bond donors (Lipinski definition) is 2. The fraction of sp³-hybridized carbons (Fsp3) is 0.125. The lowest BCUT2D eigenvalue weighted by Crippen LogP contribution is -2.21. The quantitative estimate of drug-likeness (QED) is 0.264. The van der Waals surface area contributed by atoms with Crippen molar-refractivity contribution in [2.24, 2.45) is 5.10 Å². The number of carbonyl (C=O) groups excluding carboxylic acids is 2. The average molecular weight is 553 g/mol. The maximum absolute atomic E-state index is 13.0. The standard InChI is InChI=1S/C24H18BrClF3N3O2/c1-2-14-3-6-16(7-4-14)22(33)31-21-10-8-17(25)12-18(21)23(34)32-30-13-15-5-9-20(26)19(11-15)24(27,28)29/h3-13H,2H2,1H3,(H,31,33)(H,32,34). The summed E-state index contributed by atoms with van der Waals surface area (Å²) >= 11 is 8.88. The zero-order chi connectivity index (χ0) is 24.9. The molecular weight excluding hydrogens is 535 g/mol. The summed E-state index contributed by atoms with van der Waals surface area (Å²) in [6.45, 7) is 2.01. The third-order valence-corrected chi connectivity index (χ3v) is 5.60. The highest BCUT2D eigenvalue weighted by atomic mass is 79.9. The van der Waals surface area contributed by atoms with Crippen molar-refractivity contribution in [2.45, 2.75) is 19.5 Å². The molecule has 0 unspecified atom stereocenters. The maximum atomic E-state index is 13.0. The number of hydrazone groups is 1. The van der Waals surface area contributed by atoms with Gasteiger partial charge in [-0.25, -0.2) is 5.43 Å². The van der Waals surface area contributed by atoms with Crippen molar-refractivity contribution in [1.82, 2.24) is 5.43 Å². The number of amides is 2. The van der Waals surface area contributed by atoms with E-state index in [1.165, 1.54) is 12.1 Å². The van der Waals surface area contributed by atoms with E-state index in [2.05, 4.69) is 31.8 Å². The Morgan fingerprint density at radius 2 is 1.74 bits per heavy atom. The molecule has 0 bridgehead atoms. The Balaban J connectivity index is 1.76. The first-order chi connectivity index (χ1) is 16.1. The van der Waals surface area contributed by atoms with Gasteiger partial charge in [0, 0.05) is 10.0 Å². The molecule has 0 radical (unpaired) electrons. The first-order valence-electron chi connectivity index (χ1n) is 9.98. The van der Waals surface area contributed by atoms with E-state index in [0.29, 0.717) is 10.0 Å². The second kappa shape index (κ2) is 10.8. The van der Waals surface area contributed by atoms with Gasteiger partial charge in [-0.3, -0.25) is 9.59 Å². The van der Waals surface area contributed by atoms with Gasteiger partial charge < -0.3 is 5.32 Å².